The van der Waals surface area contributed by atoms with Crippen molar-refractivity contribution in [1.29, 1.82) is 0 Å². The summed E-state index contributed by atoms with van der Waals surface area (Å²) in [7, 11) is 5.14. The molecule has 3 heterocycles. The van der Waals surface area contributed by atoms with E-state index in [-0.39, 0.29) is 12.3 Å². The van der Waals surface area contributed by atoms with Crippen molar-refractivity contribution in [1.82, 2.24) is 39.4 Å². The van der Waals surface area contributed by atoms with Crippen LogP contribution in [-0.2, 0) is 27.7 Å². The Bertz CT molecular complexity index is 1300. The molecule has 0 saturated heterocycles. The van der Waals surface area contributed by atoms with E-state index in [4.69, 9.17) is 16.3 Å². The Kier molecular flexibility index (Phi) is 4.94. The average Bonchev–Trinajstić information content (AvgIpc) is 3.33. The first-order chi connectivity index (χ1) is 14.3. The highest BCUT2D eigenvalue weighted by atomic mass is 35.5. The van der Waals surface area contributed by atoms with E-state index in [2.05, 4.69) is 20.6 Å². The molecule has 0 spiro atoms. The summed E-state index contributed by atoms with van der Waals surface area (Å²) in [5, 5.41) is 17.0. The van der Waals surface area contributed by atoms with Gasteiger partial charge in [-0.2, -0.15) is 19.6 Å². The van der Waals surface area contributed by atoms with Gasteiger partial charge in [-0.25, -0.2) is 4.79 Å². The fourth-order valence-corrected chi connectivity index (χ4v) is 3.38. The molecule has 0 aliphatic rings. The standard InChI is InChI=1S/C19H21ClN8O2/c1-11-8-13(17-12(2)18(20)26(4)22-17)6-7-16(11)30-10-15-14(9-21-25(15)3)28-19(29)27(5)23-24-28/h6-9H,10H2,1-5H3. The summed E-state index contributed by atoms with van der Waals surface area (Å²) in [6, 6.07) is 5.86. The van der Waals surface area contributed by atoms with E-state index in [1.807, 2.05) is 39.1 Å². The maximum atomic E-state index is 12.2. The lowest BCUT2D eigenvalue weighted by Gasteiger charge is -2.12. The van der Waals surface area contributed by atoms with Gasteiger partial charge in [0.25, 0.3) is 0 Å². The Morgan fingerprint density at radius 2 is 1.83 bits per heavy atom. The van der Waals surface area contributed by atoms with Crippen LogP contribution in [0.4, 0.5) is 0 Å². The summed E-state index contributed by atoms with van der Waals surface area (Å²) < 4.78 is 11.7. The maximum Gasteiger partial charge on any atom is 0.368 e. The zero-order valence-electron chi connectivity index (χ0n) is 17.3. The minimum Gasteiger partial charge on any atom is -0.487 e. The van der Waals surface area contributed by atoms with Gasteiger partial charge in [-0.15, -0.1) is 0 Å². The number of benzene rings is 1. The molecule has 0 unspecified atom stereocenters. The molecule has 0 fully saturated rings. The first-order valence-electron chi connectivity index (χ1n) is 9.21. The molecule has 30 heavy (non-hydrogen) atoms. The molecular weight excluding hydrogens is 408 g/mol. The third-order valence-electron chi connectivity index (χ3n) is 5.00. The summed E-state index contributed by atoms with van der Waals surface area (Å²) in [5.74, 6) is 0.720. The highest BCUT2D eigenvalue weighted by molar-refractivity contribution is 6.30. The first kappa shape index (κ1) is 19.9. The smallest absolute Gasteiger partial charge is 0.368 e. The van der Waals surface area contributed by atoms with E-state index >= 15 is 0 Å². The molecule has 156 valence electrons. The van der Waals surface area contributed by atoms with Gasteiger partial charge >= 0.3 is 5.69 Å². The van der Waals surface area contributed by atoms with Gasteiger partial charge < -0.3 is 4.74 Å². The van der Waals surface area contributed by atoms with Gasteiger partial charge in [-0.05, 0) is 48.0 Å². The predicted molar refractivity (Wildman–Crippen MR) is 111 cm³/mol. The van der Waals surface area contributed by atoms with Crippen molar-refractivity contribution in [2.75, 3.05) is 0 Å². The molecule has 11 heteroatoms. The number of rotatable bonds is 5. The normalized spacial score (nSPS) is 11.3. The molecule has 0 N–H and O–H groups in total. The SMILES string of the molecule is Cc1cc(-c2nn(C)c(Cl)c2C)ccc1OCc1c(-n2nnn(C)c2=O)cnn1C. The van der Waals surface area contributed by atoms with Crippen molar-refractivity contribution in [2.45, 2.75) is 20.5 Å². The number of nitrogens with zero attached hydrogens (tertiary/aromatic N) is 8. The molecule has 4 rings (SSSR count). The van der Waals surface area contributed by atoms with Crippen LogP contribution in [0.2, 0.25) is 5.15 Å². The summed E-state index contributed by atoms with van der Waals surface area (Å²) >= 11 is 6.25. The molecular formula is C19H21ClN8O2. The van der Waals surface area contributed by atoms with Crippen molar-refractivity contribution >= 4 is 11.6 Å². The van der Waals surface area contributed by atoms with Crippen molar-refractivity contribution in [3.05, 3.63) is 56.9 Å². The van der Waals surface area contributed by atoms with Crippen LogP contribution in [0.15, 0.2) is 29.2 Å². The van der Waals surface area contributed by atoms with Gasteiger partial charge in [0.15, 0.2) is 0 Å². The van der Waals surface area contributed by atoms with Gasteiger partial charge in [-0.1, -0.05) is 11.6 Å². The second-order valence-corrected chi connectivity index (χ2v) is 7.41. The number of tetrazole rings is 1. The van der Waals surface area contributed by atoms with Crippen LogP contribution in [0, 0.1) is 13.8 Å². The lowest BCUT2D eigenvalue weighted by atomic mass is 10.1. The Labute approximate surface area is 177 Å². The number of aryl methyl sites for hydroxylation is 4. The van der Waals surface area contributed by atoms with Crippen LogP contribution in [0.25, 0.3) is 16.9 Å². The molecule has 1 aromatic carbocycles. The molecule has 0 radical (unpaired) electrons. The van der Waals surface area contributed by atoms with E-state index in [9.17, 15) is 4.79 Å². The number of aromatic nitrogens is 8. The molecule has 0 saturated carbocycles. The molecule has 0 bridgehead atoms. The molecule has 3 aromatic heterocycles. The summed E-state index contributed by atoms with van der Waals surface area (Å²) in [6.45, 7) is 4.13. The number of ether oxygens (including phenoxy) is 1. The Hall–Kier alpha value is -3.40. The van der Waals surface area contributed by atoms with Crippen LogP contribution in [0.3, 0.4) is 0 Å². The second-order valence-electron chi connectivity index (χ2n) is 7.05. The molecule has 0 aliphatic carbocycles. The van der Waals surface area contributed by atoms with Gasteiger partial charge in [-0.3, -0.25) is 9.36 Å². The minimum atomic E-state index is -0.353. The van der Waals surface area contributed by atoms with Crippen LogP contribution in [0.1, 0.15) is 16.8 Å². The third kappa shape index (κ3) is 3.28. The quantitative estimate of drug-likeness (QED) is 0.482. The van der Waals surface area contributed by atoms with Gasteiger partial charge in [0, 0.05) is 32.3 Å². The Balaban J connectivity index is 1.60. The zero-order chi connectivity index (χ0) is 21.6. The third-order valence-corrected chi connectivity index (χ3v) is 5.53. The molecule has 0 aliphatic heterocycles. The van der Waals surface area contributed by atoms with Gasteiger partial charge in [0.2, 0.25) is 0 Å². The van der Waals surface area contributed by atoms with E-state index in [0.717, 1.165) is 32.8 Å². The van der Waals surface area contributed by atoms with E-state index in [1.54, 1.807) is 29.7 Å². The number of hydrogen-bond donors (Lipinski definition) is 0. The number of halogens is 1. The van der Waals surface area contributed by atoms with Crippen molar-refractivity contribution in [2.24, 2.45) is 21.1 Å². The topological polar surface area (TPSA) is 97.6 Å². The van der Waals surface area contributed by atoms with Crippen LogP contribution in [-0.4, -0.2) is 39.4 Å². The summed E-state index contributed by atoms with van der Waals surface area (Å²) in [6.07, 6.45) is 1.57. The first-order valence-corrected chi connectivity index (χ1v) is 9.59. The van der Waals surface area contributed by atoms with Crippen LogP contribution < -0.4 is 10.4 Å². The second kappa shape index (κ2) is 7.45. The van der Waals surface area contributed by atoms with Crippen LogP contribution in [0.5, 0.6) is 5.75 Å². The summed E-state index contributed by atoms with van der Waals surface area (Å²) in [5.41, 5.74) is 4.57. The number of hydrogen-bond acceptors (Lipinski definition) is 6. The fraction of sp³-hybridized carbons (Fsp3) is 0.316. The molecule has 0 atom stereocenters. The largest absolute Gasteiger partial charge is 0.487 e. The zero-order valence-corrected chi connectivity index (χ0v) is 18.0. The van der Waals surface area contributed by atoms with E-state index < -0.39 is 0 Å². The van der Waals surface area contributed by atoms with Crippen LogP contribution >= 0.6 is 11.6 Å². The van der Waals surface area contributed by atoms with Crippen molar-refractivity contribution in [3.63, 3.8) is 0 Å². The monoisotopic (exact) mass is 428 g/mol. The van der Waals surface area contributed by atoms with Crippen molar-refractivity contribution in [3.8, 4) is 22.7 Å². The minimum absolute atomic E-state index is 0.212. The van der Waals surface area contributed by atoms with Gasteiger partial charge in [0.1, 0.15) is 28.9 Å². The lowest BCUT2D eigenvalue weighted by molar-refractivity contribution is 0.292. The van der Waals surface area contributed by atoms with E-state index in [1.165, 1.54) is 4.68 Å². The predicted octanol–water partition coefficient (Wildman–Crippen LogP) is 1.95. The Morgan fingerprint density at radius 1 is 1.07 bits per heavy atom. The average molecular weight is 429 g/mol. The van der Waals surface area contributed by atoms with E-state index in [0.29, 0.717) is 16.5 Å². The molecule has 10 nitrogen and oxygen atoms in total. The Morgan fingerprint density at radius 3 is 2.43 bits per heavy atom. The fourth-order valence-electron chi connectivity index (χ4n) is 3.25. The molecule has 0 amide bonds. The lowest BCUT2D eigenvalue weighted by Crippen LogP contribution is -2.23. The highest BCUT2D eigenvalue weighted by Crippen LogP contribution is 2.31. The van der Waals surface area contributed by atoms with Crippen molar-refractivity contribution < 1.29 is 4.74 Å². The summed E-state index contributed by atoms with van der Waals surface area (Å²) in [4.78, 5) is 12.2. The van der Waals surface area contributed by atoms with Gasteiger partial charge in [0.05, 0.1) is 11.9 Å². The molecule has 4 aromatic rings. The maximum absolute atomic E-state index is 12.2. The highest BCUT2D eigenvalue weighted by Gasteiger charge is 2.17.